The highest BCUT2D eigenvalue weighted by molar-refractivity contribution is 6.32. The summed E-state index contributed by atoms with van der Waals surface area (Å²) in [6, 6.07) is 5.84. The number of nitrogens with zero attached hydrogens (tertiary/aromatic N) is 1. The number of rotatable bonds is 5. The van der Waals surface area contributed by atoms with Crippen molar-refractivity contribution in [2.75, 3.05) is 7.11 Å². The monoisotopic (exact) mass is 267 g/mol. The quantitative estimate of drug-likeness (QED) is 0.898. The van der Waals surface area contributed by atoms with E-state index >= 15 is 0 Å². The zero-order chi connectivity index (χ0) is 13.1. The zero-order valence-electron chi connectivity index (χ0n) is 10.7. The lowest BCUT2D eigenvalue weighted by molar-refractivity contribution is 0.283. The number of benzene rings is 1. The Kier molecular flexibility index (Phi) is 4.15. The predicted octanol–water partition coefficient (Wildman–Crippen LogP) is 3.60. The Bertz CT molecular complexity index is 548. The van der Waals surface area contributed by atoms with E-state index in [1.165, 1.54) is 0 Å². The van der Waals surface area contributed by atoms with Gasteiger partial charge in [0.2, 0.25) is 0 Å². The second-order valence-corrected chi connectivity index (χ2v) is 4.67. The van der Waals surface area contributed by atoms with Gasteiger partial charge in [0.15, 0.2) is 0 Å². The van der Waals surface area contributed by atoms with Gasteiger partial charge in [0.05, 0.1) is 13.7 Å². The van der Waals surface area contributed by atoms with Gasteiger partial charge >= 0.3 is 0 Å². The Morgan fingerprint density at radius 2 is 2.17 bits per heavy atom. The van der Waals surface area contributed by atoms with Gasteiger partial charge in [-0.25, -0.2) is 0 Å². The molecule has 2 aromatic rings. The summed E-state index contributed by atoms with van der Waals surface area (Å²) < 4.78 is 7.28. The topological polar surface area (TPSA) is 34.4 Å². The normalized spacial score (nSPS) is 11.1. The summed E-state index contributed by atoms with van der Waals surface area (Å²) in [6.45, 7) is 2.97. The molecule has 0 amide bonds. The van der Waals surface area contributed by atoms with Crippen molar-refractivity contribution in [1.29, 1.82) is 0 Å². The van der Waals surface area contributed by atoms with Gasteiger partial charge in [0.25, 0.3) is 0 Å². The Labute approximate surface area is 112 Å². The number of hydrogen-bond acceptors (Lipinski definition) is 2. The molecule has 4 heteroatoms. The van der Waals surface area contributed by atoms with Crippen LogP contribution < -0.4 is 4.74 Å². The van der Waals surface area contributed by atoms with E-state index in [0.29, 0.717) is 5.15 Å². The van der Waals surface area contributed by atoms with Crippen molar-refractivity contribution >= 4 is 22.5 Å². The van der Waals surface area contributed by atoms with Crippen molar-refractivity contribution in [3.05, 3.63) is 28.9 Å². The fourth-order valence-corrected chi connectivity index (χ4v) is 2.52. The molecule has 98 valence electrons. The van der Waals surface area contributed by atoms with Gasteiger partial charge in [-0.05, 0) is 24.6 Å². The molecule has 2 rings (SSSR count). The van der Waals surface area contributed by atoms with E-state index in [9.17, 15) is 5.11 Å². The smallest absolute Gasteiger partial charge is 0.119 e. The molecule has 1 aromatic carbocycles. The van der Waals surface area contributed by atoms with Gasteiger partial charge < -0.3 is 14.4 Å². The van der Waals surface area contributed by atoms with Crippen LogP contribution in [0.15, 0.2) is 18.2 Å². The number of aliphatic hydroxyl groups is 1. The van der Waals surface area contributed by atoms with E-state index in [0.717, 1.165) is 41.6 Å². The van der Waals surface area contributed by atoms with Crippen molar-refractivity contribution in [1.82, 2.24) is 4.57 Å². The molecule has 0 aliphatic carbocycles. The number of aryl methyl sites for hydroxylation is 1. The minimum Gasteiger partial charge on any atom is -0.497 e. The second kappa shape index (κ2) is 5.63. The van der Waals surface area contributed by atoms with Gasteiger partial charge in [0, 0.05) is 23.0 Å². The number of methoxy groups -OCH3 is 1. The van der Waals surface area contributed by atoms with E-state index in [1.807, 2.05) is 18.2 Å². The average Bonchev–Trinajstić information content (AvgIpc) is 2.66. The van der Waals surface area contributed by atoms with Gasteiger partial charge in [-0.1, -0.05) is 24.9 Å². The lowest BCUT2D eigenvalue weighted by Gasteiger charge is -2.06. The standard InChI is InChI=1S/C14H18ClNO2/c1-3-4-7-16-13-6-5-10(18-2)8-11(13)12(9-17)14(16)15/h5-6,8,17H,3-4,7,9H2,1-2H3. The first kappa shape index (κ1) is 13.2. The van der Waals surface area contributed by atoms with Crippen molar-refractivity contribution < 1.29 is 9.84 Å². The van der Waals surface area contributed by atoms with E-state index in [-0.39, 0.29) is 6.61 Å². The van der Waals surface area contributed by atoms with Crippen molar-refractivity contribution in [3.8, 4) is 5.75 Å². The van der Waals surface area contributed by atoms with Crippen molar-refractivity contribution in [3.63, 3.8) is 0 Å². The van der Waals surface area contributed by atoms with Crippen LogP contribution in [0.25, 0.3) is 10.9 Å². The number of fused-ring (bicyclic) bond motifs is 1. The molecule has 0 radical (unpaired) electrons. The summed E-state index contributed by atoms with van der Waals surface area (Å²) in [5.74, 6) is 0.779. The Hall–Kier alpha value is -1.19. The number of ether oxygens (including phenoxy) is 1. The summed E-state index contributed by atoms with van der Waals surface area (Å²) in [5.41, 5.74) is 1.83. The van der Waals surface area contributed by atoms with Crippen LogP contribution in [0.2, 0.25) is 5.15 Å². The Morgan fingerprint density at radius 3 is 2.78 bits per heavy atom. The third-order valence-corrected chi connectivity index (χ3v) is 3.63. The van der Waals surface area contributed by atoms with E-state index in [2.05, 4.69) is 11.5 Å². The Morgan fingerprint density at radius 1 is 1.39 bits per heavy atom. The number of unbranched alkanes of at least 4 members (excludes halogenated alkanes) is 1. The SMILES string of the molecule is CCCCn1c(Cl)c(CO)c2cc(OC)ccc21. The maximum Gasteiger partial charge on any atom is 0.119 e. The molecular weight excluding hydrogens is 250 g/mol. The van der Waals surface area contributed by atoms with Gasteiger partial charge in [-0.15, -0.1) is 0 Å². The van der Waals surface area contributed by atoms with Gasteiger partial charge in [-0.2, -0.15) is 0 Å². The molecule has 0 spiro atoms. The molecule has 1 N–H and O–H groups in total. The second-order valence-electron chi connectivity index (χ2n) is 4.32. The van der Waals surface area contributed by atoms with Gasteiger partial charge in [-0.3, -0.25) is 0 Å². The molecule has 0 atom stereocenters. The fourth-order valence-electron chi connectivity index (χ4n) is 2.18. The van der Waals surface area contributed by atoms with E-state index in [1.54, 1.807) is 7.11 Å². The molecule has 0 aliphatic heterocycles. The summed E-state index contributed by atoms with van der Waals surface area (Å²) in [4.78, 5) is 0. The van der Waals surface area contributed by atoms with Crippen LogP contribution in [0.4, 0.5) is 0 Å². The maximum absolute atomic E-state index is 9.48. The lowest BCUT2D eigenvalue weighted by Crippen LogP contribution is -1.97. The fraction of sp³-hybridized carbons (Fsp3) is 0.429. The largest absolute Gasteiger partial charge is 0.497 e. The molecule has 1 heterocycles. The van der Waals surface area contributed by atoms with Crippen LogP contribution in [0.1, 0.15) is 25.3 Å². The zero-order valence-corrected chi connectivity index (χ0v) is 11.5. The minimum absolute atomic E-state index is 0.0539. The van der Waals surface area contributed by atoms with E-state index < -0.39 is 0 Å². The molecule has 1 aromatic heterocycles. The van der Waals surface area contributed by atoms with Gasteiger partial charge in [0.1, 0.15) is 10.9 Å². The van der Waals surface area contributed by atoms with Crippen LogP contribution >= 0.6 is 11.6 Å². The van der Waals surface area contributed by atoms with Crippen LogP contribution in [-0.2, 0) is 13.2 Å². The minimum atomic E-state index is -0.0539. The highest BCUT2D eigenvalue weighted by Crippen LogP contribution is 2.33. The summed E-state index contributed by atoms with van der Waals surface area (Å²) >= 11 is 6.35. The first-order valence-corrected chi connectivity index (χ1v) is 6.56. The first-order valence-electron chi connectivity index (χ1n) is 6.18. The van der Waals surface area contributed by atoms with Crippen molar-refractivity contribution in [2.24, 2.45) is 0 Å². The Balaban J connectivity index is 2.60. The molecule has 0 bridgehead atoms. The third kappa shape index (κ3) is 2.20. The molecule has 0 unspecified atom stereocenters. The van der Waals surface area contributed by atoms with E-state index in [4.69, 9.17) is 16.3 Å². The van der Waals surface area contributed by atoms with Crippen LogP contribution in [-0.4, -0.2) is 16.8 Å². The number of hydrogen-bond donors (Lipinski definition) is 1. The van der Waals surface area contributed by atoms with Crippen molar-refractivity contribution in [2.45, 2.75) is 32.9 Å². The number of halogens is 1. The number of aromatic nitrogens is 1. The predicted molar refractivity (Wildman–Crippen MR) is 74.3 cm³/mol. The summed E-state index contributed by atoms with van der Waals surface area (Å²) in [6.07, 6.45) is 2.18. The highest BCUT2D eigenvalue weighted by Gasteiger charge is 2.15. The number of aliphatic hydroxyl groups excluding tert-OH is 1. The molecular formula is C14H18ClNO2. The van der Waals surface area contributed by atoms with Crippen LogP contribution in [0, 0.1) is 0 Å². The summed E-state index contributed by atoms with van der Waals surface area (Å²) in [5, 5.41) is 11.1. The maximum atomic E-state index is 9.48. The average molecular weight is 268 g/mol. The lowest BCUT2D eigenvalue weighted by atomic mass is 10.2. The molecule has 18 heavy (non-hydrogen) atoms. The van der Waals surface area contributed by atoms with Crippen LogP contribution in [0.3, 0.4) is 0 Å². The molecule has 3 nitrogen and oxygen atoms in total. The molecule has 0 aliphatic rings. The molecule has 0 saturated heterocycles. The highest BCUT2D eigenvalue weighted by atomic mass is 35.5. The van der Waals surface area contributed by atoms with Crippen LogP contribution in [0.5, 0.6) is 5.75 Å². The summed E-state index contributed by atoms with van der Waals surface area (Å²) in [7, 11) is 1.63. The first-order chi connectivity index (χ1) is 8.72. The molecule has 0 saturated carbocycles. The third-order valence-electron chi connectivity index (χ3n) is 3.20. The molecule has 0 fully saturated rings.